The van der Waals surface area contributed by atoms with E-state index in [1.165, 1.54) is 167 Å². The van der Waals surface area contributed by atoms with Crippen molar-refractivity contribution in [2.45, 2.75) is 388 Å². The number of carbonyl (C=O) groups is 4. The molecule has 0 saturated heterocycles. The van der Waals surface area contributed by atoms with Gasteiger partial charge in [0.05, 0.1) is 26.4 Å². The van der Waals surface area contributed by atoms with Crippen molar-refractivity contribution in [3.63, 3.8) is 0 Å². The van der Waals surface area contributed by atoms with Gasteiger partial charge >= 0.3 is 39.5 Å². The predicted octanol–water partition coefficient (Wildman–Crippen LogP) is 21.3. The summed E-state index contributed by atoms with van der Waals surface area (Å²) >= 11 is 0. The number of aliphatic hydroxyl groups excluding tert-OH is 1. The average Bonchev–Trinajstić information content (AvgIpc) is 1.99. The molecule has 0 heterocycles. The fourth-order valence-corrected chi connectivity index (χ4v) is 12.7. The highest BCUT2D eigenvalue weighted by molar-refractivity contribution is 7.47. The van der Waals surface area contributed by atoms with Gasteiger partial charge in [0.25, 0.3) is 0 Å². The van der Waals surface area contributed by atoms with E-state index in [9.17, 15) is 43.2 Å². The Morgan fingerprint density at radius 1 is 0.301 bits per heavy atom. The fraction of sp³-hybridized carbons (Fsp3) is 0.946. The molecule has 0 aliphatic heterocycles. The molecule has 0 rings (SSSR count). The second kappa shape index (κ2) is 63.5. The molecule has 0 fully saturated rings. The minimum atomic E-state index is -4.95. The minimum Gasteiger partial charge on any atom is -0.462 e. The van der Waals surface area contributed by atoms with Crippen LogP contribution < -0.4 is 0 Å². The standard InChI is InChI=1S/C74H144O17P2/c1-9-66(7)52-44-36-30-32-39-47-55-72(77)85-61-69(90-73(78)56-48-40-29-25-21-16-12-11-14-18-22-26-34-42-50-64(3)4)62-88-92(80,81)86-58-68(75)59-87-93(82,83)89-63-70(91-74(79)57-49-41-33-31-37-45-53-67(8)10-2)60-84-71(76)54-46-38-28-24-20-17-13-15-19-23-27-35-43-51-65(5)6/h64-70,75H,9-63H2,1-8H3,(H,80,81)(H,82,83)/t66?,67?,68-,69+,70+/m0/s1. The highest BCUT2D eigenvalue weighted by Crippen LogP contribution is 2.45. The van der Waals surface area contributed by atoms with Crippen LogP contribution in [0.3, 0.4) is 0 Å². The number of unbranched alkanes of at least 4 members (excludes halogenated alkanes) is 35. The number of hydrogen-bond donors (Lipinski definition) is 3. The molecule has 4 unspecified atom stereocenters. The summed E-state index contributed by atoms with van der Waals surface area (Å²) in [6.07, 6.45) is 47.3. The van der Waals surface area contributed by atoms with E-state index in [-0.39, 0.29) is 25.7 Å². The molecule has 0 amide bonds. The van der Waals surface area contributed by atoms with Crippen molar-refractivity contribution in [1.82, 2.24) is 0 Å². The lowest BCUT2D eigenvalue weighted by Crippen LogP contribution is -2.30. The normalized spacial score (nSPS) is 14.8. The fourth-order valence-electron chi connectivity index (χ4n) is 11.1. The molecule has 0 aliphatic carbocycles. The third kappa shape index (κ3) is 65.8. The maximum atomic E-state index is 13.0. The van der Waals surface area contributed by atoms with Crippen LogP contribution in [0, 0.1) is 23.7 Å². The zero-order chi connectivity index (χ0) is 68.9. The second-order valence-corrected chi connectivity index (χ2v) is 31.0. The summed E-state index contributed by atoms with van der Waals surface area (Å²) in [6, 6.07) is 0. The van der Waals surface area contributed by atoms with Gasteiger partial charge in [-0.15, -0.1) is 0 Å². The van der Waals surface area contributed by atoms with Crippen LogP contribution in [0.4, 0.5) is 0 Å². The number of rotatable bonds is 71. The van der Waals surface area contributed by atoms with Crippen LogP contribution in [0.25, 0.3) is 0 Å². The van der Waals surface area contributed by atoms with Gasteiger partial charge in [-0.2, -0.15) is 0 Å². The first-order valence-electron chi connectivity index (χ1n) is 38.3. The molecule has 0 spiro atoms. The summed E-state index contributed by atoms with van der Waals surface area (Å²) in [5.41, 5.74) is 0. The van der Waals surface area contributed by atoms with Crippen molar-refractivity contribution in [3.05, 3.63) is 0 Å². The van der Waals surface area contributed by atoms with E-state index in [0.29, 0.717) is 25.7 Å². The first kappa shape index (κ1) is 91.1. The Kier molecular flexibility index (Phi) is 62.2. The summed E-state index contributed by atoms with van der Waals surface area (Å²) in [6.45, 7) is 14.1. The second-order valence-electron chi connectivity index (χ2n) is 28.1. The summed E-state index contributed by atoms with van der Waals surface area (Å²) < 4.78 is 68.4. The number of aliphatic hydroxyl groups is 1. The van der Waals surface area contributed by atoms with E-state index in [1.807, 2.05) is 0 Å². The largest absolute Gasteiger partial charge is 0.472 e. The van der Waals surface area contributed by atoms with Gasteiger partial charge in [0.2, 0.25) is 0 Å². The zero-order valence-corrected chi connectivity index (χ0v) is 62.7. The van der Waals surface area contributed by atoms with Crippen LogP contribution in [0.2, 0.25) is 0 Å². The Morgan fingerprint density at radius 3 is 0.763 bits per heavy atom. The molecule has 0 aliphatic rings. The molecule has 0 aromatic heterocycles. The van der Waals surface area contributed by atoms with Crippen molar-refractivity contribution in [1.29, 1.82) is 0 Å². The molecule has 93 heavy (non-hydrogen) atoms. The van der Waals surface area contributed by atoms with Crippen LogP contribution in [-0.4, -0.2) is 96.7 Å². The molecular formula is C74H144O17P2. The third-order valence-corrected chi connectivity index (χ3v) is 19.7. The molecule has 3 N–H and O–H groups in total. The van der Waals surface area contributed by atoms with Crippen LogP contribution in [0.15, 0.2) is 0 Å². The first-order chi connectivity index (χ1) is 44.7. The smallest absolute Gasteiger partial charge is 0.462 e. The molecule has 0 bridgehead atoms. The number of esters is 4. The SMILES string of the molecule is CCC(C)CCCCCCCCC(=O)OC[C@H](COP(=O)(O)OC[C@H](O)COP(=O)(O)OC[C@@H](COC(=O)CCCCCCCCCCCCCCCC(C)C)OC(=O)CCCCCCCCC(C)CC)OC(=O)CCCCCCCCCCCCCCCCC(C)C. The lowest BCUT2D eigenvalue weighted by atomic mass is 10.00. The van der Waals surface area contributed by atoms with Gasteiger partial charge in [0.1, 0.15) is 19.3 Å². The molecule has 7 atom stereocenters. The highest BCUT2D eigenvalue weighted by Gasteiger charge is 2.30. The number of ether oxygens (including phenoxy) is 4. The molecule has 0 aromatic rings. The number of carbonyl (C=O) groups excluding carboxylic acids is 4. The minimum absolute atomic E-state index is 0.103. The van der Waals surface area contributed by atoms with E-state index >= 15 is 0 Å². The summed E-state index contributed by atoms with van der Waals surface area (Å²) in [5, 5.41) is 10.6. The van der Waals surface area contributed by atoms with Crippen molar-refractivity contribution in [3.8, 4) is 0 Å². The third-order valence-electron chi connectivity index (χ3n) is 17.8. The topological polar surface area (TPSA) is 237 Å². The number of phosphoric acid groups is 2. The van der Waals surface area contributed by atoms with Crippen molar-refractivity contribution < 1.29 is 80.2 Å². The molecule has 552 valence electrons. The van der Waals surface area contributed by atoms with Gasteiger partial charge in [-0.3, -0.25) is 37.3 Å². The maximum absolute atomic E-state index is 13.0. The van der Waals surface area contributed by atoms with Crippen LogP contribution >= 0.6 is 15.6 Å². The molecule has 17 nitrogen and oxygen atoms in total. The van der Waals surface area contributed by atoms with E-state index in [4.69, 9.17) is 37.0 Å². The van der Waals surface area contributed by atoms with Crippen molar-refractivity contribution >= 4 is 39.5 Å². The quantitative estimate of drug-likeness (QED) is 0.0222. The van der Waals surface area contributed by atoms with E-state index < -0.39 is 97.5 Å². The van der Waals surface area contributed by atoms with E-state index in [0.717, 1.165) is 120 Å². The Bertz CT molecular complexity index is 1840. The highest BCUT2D eigenvalue weighted by atomic mass is 31.2. The number of phosphoric ester groups is 2. The molecule has 0 aromatic carbocycles. The molecule has 0 saturated carbocycles. The van der Waals surface area contributed by atoms with Gasteiger partial charge in [0.15, 0.2) is 12.2 Å². The van der Waals surface area contributed by atoms with Crippen molar-refractivity contribution in [2.24, 2.45) is 23.7 Å². The monoisotopic (exact) mass is 1370 g/mol. The Labute approximate surface area is 568 Å². The Hall–Kier alpha value is -1.94. The van der Waals surface area contributed by atoms with Gasteiger partial charge in [-0.1, -0.05) is 319 Å². The number of hydrogen-bond acceptors (Lipinski definition) is 15. The van der Waals surface area contributed by atoms with E-state index in [1.54, 1.807) is 0 Å². The van der Waals surface area contributed by atoms with Gasteiger partial charge < -0.3 is 33.8 Å². The van der Waals surface area contributed by atoms with Crippen molar-refractivity contribution in [2.75, 3.05) is 39.6 Å². The maximum Gasteiger partial charge on any atom is 0.472 e. The summed E-state index contributed by atoms with van der Waals surface area (Å²) in [7, 11) is -9.91. The van der Waals surface area contributed by atoms with Gasteiger partial charge in [0, 0.05) is 25.7 Å². The van der Waals surface area contributed by atoms with Gasteiger partial charge in [-0.25, -0.2) is 9.13 Å². The zero-order valence-electron chi connectivity index (χ0n) is 60.9. The lowest BCUT2D eigenvalue weighted by molar-refractivity contribution is -0.161. The first-order valence-corrected chi connectivity index (χ1v) is 41.3. The van der Waals surface area contributed by atoms with Gasteiger partial charge in [-0.05, 0) is 49.4 Å². The van der Waals surface area contributed by atoms with Crippen LogP contribution in [-0.2, 0) is 65.4 Å². The predicted molar refractivity (Wildman–Crippen MR) is 377 cm³/mol. The average molecular weight is 1370 g/mol. The van der Waals surface area contributed by atoms with E-state index in [2.05, 4.69) is 55.4 Å². The Morgan fingerprint density at radius 2 is 0.516 bits per heavy atom. The summed E-state index contributed by atoms with van der Waals surface area (Å²) in [4.78, 5) is 72.7. The lowest BCUT2D eigenvalue weighted by Gasteiger charge is -2.21. The molecular weight excluding hydrogens is 1220 g/mol. The summed E-state index contributed by atoms with van der Waals surface area (Å²) in [5.74, 6) is 0.910. The van der Waals surface area contributed by atoms with Crippen LogP contribution in [0.1, 0.15) is 370 Å². The molecule has 0 radical (unpaired) electrons. The molecule has 19 heteroatoms. The Balaban J connectivity index is 5.21. The van der Waals surface area contributed by atoms with Crippen LogP contribution in [0.5, 0.6) is 0 Å².